The Kier molecular flexibility index (Phi) is 4.73. The molecule has 0 aliphatic heterocycles. The molecular weight excluding hydrogens is 175 g/mol. The minimum atomic E-state index is 0.392. The lowest BCUT2D eigenvalue weighted by atomic mass is 9.74. The molecule has 0 nitrogen and oxygen atoms in total. The molecule has 1 aliphatic rings. The van der Waals surface area contributed by atoms with E-state index >= 15 is 0 Å². The highest BCUT2D eigenvalue weighted by atomic mass is 31.0. The second-order valence-electron chi connectivity index (χ2n) is 4.58. The van der Waals surface area contributed by atoms with Crippen molar-refractivity contribution in [1.82, 2.24) is 0 Å². The van der Waals surface area contributed by atoms with Crippen molar-refractivity contribution < 1.29 is 0 Å². The van der Waals surface area contributed by atoms with E-state index in [-0.39, 0.29) is 0 Å². The van der Waals surface area contributed by atoms with E-state index in [1.807, 2.05) is 0 Å². The molecule has 1 aliphatic carbocycles. The molecule has 13 heavy (non-hydrogen) atoms. The van der Waals surface area contributed by atoms with Crippen LogP contribution in [0, 0.1) is 5.92 Å². The van der Waals surface area contributed by atoms with Gasteiger partial charge in [-0.25, -0.2) is 0 Å². The molecule has 0 N–H and O–H groups in total. The first kappa shape index (κ1) is 11.5. The van der Waals surface area contributed by atoms with Gasteiger partial charge in [0.15, 0.2) is 0 Å². The molecule has 76 valence electrons. The lowest BCUT2D eigenvalue weighted by Crippen LogP contribution is -2.34. The molecular formula is C12H23P. The smallest absolute Gasteiger partial charge is 0.00174 e. The Bertz CT molecular complexity index is 138. The quantitative estimate of drug-likeness (QED) is 0.562. The number of hydrogen-bond acceptors (Lipinski definition) is 0. The fourth-order valence-electron chi connectivity index (χ4n) is 2.82. The summed E-state index contributed by atoms with van der Waals surface area (Å²) in [5.74, 6) is 0.898. The average Bonchev–Trinajstić information content (AvgIpc) is 2.10. The van der Waals surface area contributed by atoms with E-state index in [0.717, 1.165) is 5.92 Å². The van der Waals surface area contributed by atoms with Crippen LogP contribution in [0.15, 0.2) is 0 Å². The molecule has 0 saturated heterocycles. The molecule has 0 aromatic carbocycles. The van der Waals surface area contributed by atoms with Crippen molar-refractivity contribution in [2.24, 2.45) is 5.92 Å². The topological polar surface area (TPSA) is 0 Å². The third kappa shape index (κ3) is 2.94. The van der Waals surface area contributed by atoms with Crippen molar-refractivity contribution >= 4 is 9.24 Å². The monoisotopic (exact) mass is 198 g/mol. The van der Waals surface area contributed by atoms with Crippen LogP contribution in [0.1, 0.15) is 65.2 Å². The van der Waals surface area contributed by atoms with Crippen molar-refractivity contribution in [3.8, 4) is 0 Å². The summed E-state index contributed by atoms with van der Waals surface area (Å²) < 4.78 is 0. The standard InChI is InChI=1S/C12H23P/c1-3-7-11-8-5-6-10-12(11,13)9-4-2/h11H,3-10H2,1-2H3. The highest BCUT2D eigenvalue weighted by Gasteiger charge is 2.35. The van der Waals surface area contributed by atoms with E-state index in [0.29, 0.717) is 5.16 Å². The largest absolute Gasteiger partial charge is 0.0654 e. The number of hydrogen-bond donors (Lipinski definition) is 0. The highest BCUT2D eigenvalue weighted by Crippen LogP contribution is 2.46. The van der Waals surface area contributed by atoms with E-state index in [4.69, 9.17) is 9.24 Å². The molecule has 2 radical (unpaired) electrons. The van der Waals surface area contributed by atoms with Crippen LogP contribution in [0.4, 0.5) is 0 Å². The van der Waals surface area contributed by atoms with Crippen LogP contribution in [-0.2, 0) is 0 Å². The van der Waals surface area contributed by atoms with Crippen LogP contribution in [0.25, 0.3) is 0 Å². The molecule has 0 aromatic rings. The highest BCUT2D eigenvalue weighted by molar-refractivity contribution is 7.19. The van der Waals surface area contributed by atoms with Gasteiger partial charge in [0.1, 0.15) is 0 Å². The molecule has 0 heterocycles. The van der Waals surface area contributed by atoms with Crippen LogP contribution in [0.2, 0.25) is 0 Å². The van der Waals surface area contributed by atoms with Crippen molar-refractivity contribution in [2.75, 3.05) is 0 Å². The zero-order valence-corrected chi connectivity index (χ0v) is 10.1. The number of rotatable bonds is 4. The van der Waals surface area contributed by atoms with Gasteiger partial charge in [0.05, 0.1) is 0 Å². The van der Waals surface area contributed by atoms with Gasteiger partial charge < -0.3 is 0 Å². The Labute approximate surface area is 86.1 Å². The molecule has 1 fully saturated rings. The minimum Gasteiger partial charge on any atom is -0.0654 e. The SMILES string of the molecule is CCCC1CCCCC1([P])CCC. The first-order valence-electron chi connectivity index (χ1n) is 5.95. The van der Waals surface area contributed by atoms with E-state index < -0.39 is 0 Å². The maximum atomic E-state index is 4.96. The van der Waals surface area contributed by atoms with Gasteiger partial charge in [-0.1, -0.05) is 39.5 Å². The third-order valence-electron chi connectivity index (χ3n) is 3.49. The maximum Gasteiger partial charge on any atom is 0.00174 e. The van der Waals surface area contributed by atoms with Gasteiger partial charge >= 0.3 is 0 Å². The van der Waals surface area contributed by atoms with E-state index in [9.17, 15) is 0 Å². The van der Waals surface area contributed by atoms with Gasteiger partial charge in [-0.05, 0) is 40.8 Å². The lowest BCUT2D eigenvalue weighted by molar-refractivity contribution is 0.242. The summed E-state index contributed by atoms with van der Waals surface area (Å²) >= 11 is 0. The van der Waals surface area contributed by atoms with E-state index in [1.54, 1.807) is 0 Å². The summed E-state index contributed by atoms with van der Waals surface area (Å²) in [6.45, 7) is 4.59. The summed E-state index contributed by atoms with van der Waals surface area (Å²) in [6.07, 6.45) is 11.0. The van der Waals surface area contributed by atoms with Crippen LogP contribution in [-0.4, -0.2) is 5.16 Å². The summed E-state index contributed by atoms with van der Waals surface area (Å²) in [4.78, 5) is 0. The summed E-state index contributed by atoms with van der Waals surface area (Å²) in [5.41, 5.74) is 0. The minimum absolute atomic E-state index is 0.392. The first-order chi connectivity index (χ1) is 6.23. The van der Waals surface area contributed by atoms with Crippen LogP contribution in [0.5, 0.6) is 0 Å². The van der Waals surface area contributed by atoms with Gasteiger partial charge in [0.2, 0.25) is 0 Å². The molecule has 2 atom stereocenters. The molecule has 0 aromatic heterocycles. The van der Waals surface area contributed by atoms with E-state index in [2.05, 4.69) is 13.8 Å². The second-order valence-corrected chi connectivity index (χ2v) is 5.48. The predicted molar refractivity (Wildman–Crippen MR) is 61.4 cm³/mol. The van der Waals surface area contributed by atoms with Crippen LogP contribution >= 0.6 is 9.24 Å². The van der Waals surface area contributed by atoms with Crippen LogP contribution in [0.3, 0.4) is 0 Å². The lowest BCUT2D eigenvalue weighted by Gasteiger charge is -2.40. The zero-order chi connectivity index (χ0) is 9.73. The van der Waals surface area contributed by atoms with Crippen molar-refractivity contribution in [1.29, 1.82) is 0 Å². The summed E-state index contributed by atoms with van der Waals surface area (Å²) in [5, 5.41) is 0.392. The van der Waals surface area contributed by atoms with E-state index in [1.165, 1.54) is 51.4 Å². The first-order valence-corrected chi connectivity index (χ1v) is 6.40. The Morgan fingerprint density at radius 1 is 1.23 bits per heavy atom. The second kappa shape index (κ2) is 5.35. The molecule has 2 unspecified atom stereocenters. The summed E-state index contributed by atoms with van der Waals surface area (Å²) in [6, 6.07) is 0. The molecule has 0 bridgehead atoms. The fourth-order valence-corrected chi connectivity index (χ4v) is 3.46. The van der Waals surface area contributed by atoms with Crippen molar-refractivity contribution in [3.05, 3.63) is 0 Å². The van der Waals surface area contributed by atoms with Gasteiger partial charge in [0.25, 0.3) is 0 Å². The predicted octanol–water partition coefficient (Wildman–Crippen LogP) is 4.93. The Hall–Kier alpha value is 0.430. The van der Waals surface area contributed by atoms with Gasteiger partial charge in [-0.3, -0.25) is 0 Å². The zero-order valence-electron chi connectivity index (χ0n) is 9.18. The molecule has 0 amide bonds. The van der Waals surface area contributed by atoms with Gasteiger partial charge in [-0.2, -0.15) is 0 Å². The third-order valence-corrected chi connectivity index (χ3v) is 4.30. The summed E-state index contributed by atoms with van der Waals surface area (Å²) in [7, 11) is 4.96. The molecule has 1 heteroatoms. The Morgan fingerprint density at radius 3 is 2.62 bits per heavy atom. The maximum absolute atomic E-state index is 4.96. The fraction of sp³-hybridized carbons (Fsp3) is 1.00. The average molecular weight is 198 g/mol. The van der Waals surface area contributed by atoms with Crippen molar-refractivity contribution in [2.45, 2.75) is 70.4 Å². The molecule has 1 saturated carbocycles. The Balaban J connectivity index is 2.54. The van der Waals surface area contributed by atoms with Gasteiger partial charge in [0, 0.05) is 5.16 Å². The molecule has 1 rings (SSSR count). The van der Waals surface area contributed by atoms with Gasteiger partial charge in [-0.15, -0.1) is 0 Å². The van der Waals surface area contributed by atoms with Crippen LogP contribution < -0.4 is 0 Å². The van der Waals surface area contributed by atoms with Crippen molar-refractivity contribution in [3.63, 3.8) is 0 Å². The molecule has 0 spiro atoms. The Morgan fingerprint density at radius 2 is 2.00 bits per heavy atom. The normalized spacial score (nSPS) is 34.8.